The molecule has 1 aromatic carbocycles. The average Bonchev–Trinajstić information content (AvgIpc) is 2.70. The Balaban J connectivity index is 1.70. The van der Waals surface area contributed by atoms with E-state index in [-0.39, 0.29) is 23.3 Å². The van der Waals surface area contributed by atoms with E-state index in [1.807, 2.05) is 6.92 Å². The Hall–Kier alpha value is -2.90. The number of nitrogens with zero attached hydrogens (tertiary/aromatic N) is 1. The van der Waals surface area contributed by atoms with E-state index < -0.39 is 11.7 Å². The number of benzene rings is 1. The summed E-state index contributed by atoms with van der Waals surface area (Å²) in [5.41, 5.74) is 7.75. The predicted molar refractivity (Wildman–Crippen MR) is 107 cm³/mol. The number of alkyl halides is 3. The lowest BCUT2D eigenvalue weighted by atomic mass is 9.81. The van der Waals surface area contributed by atoms with Crippen LogP contribution in [0.2, 0.25) is 0 Å². The molecular formula is C22H23F4N3O. The second-order valence-corrected chi connectivity index (χ2v) is 7.37. The molecule has 0 bridgehead atoms. The van der Waals surface area contributed by atoms with Gasteiger partial charge in [0.15, 0.2) is 0 Å². The Labute approximate surface area is 172 Å². The first-order chi connectivity index (χ1) is 14.2. The third-order valence-corrected chi connectivity index (χ3v) is 5.41. The largest absolute Gasteiger partial charge is 0.417 e. The van der Waals surface area contributed by atoms with E-state index in [1.165, 1.54) is 24.3 Å². The number of hydrogen-bond donors (Lipinski definition) is 2. The molecule has 3 rings (SSSR count). The highest BCUT2D eigenvalue weighted by atomic mass is 19.4. The van der Waals surface area contributed by atoms with Gasteiger partial charge in [-0.1, -0.05) is 12.5 Å². The first-order valence-electron chi connectivity index (χ1n) is 9.79. The van der Waals surface area contributed by atoms with Crippen LogP contribution in [-0.4, -0.2) is 10.9 Å². The van der Waals surface area contributed by atoms with Crippen molar-refractivity contribution in [1.82, 2.24) is 4.98 Å². The van der Waals surface area contributed by atoms with Crippen molar-refractivity contribution in [3.05, 3.63) is 64.7 Å². The number of anilines is 2. The Morgan fingerprint density at radius 3 is 2.37 bits per heavy atom. The molecule has 0 saturated heterocycles. The summed E-state index contributed by atoms with van der Waals surface area (Å²) in [6, 6.07) is 6.49. The van der Waals surface area contributed by atoms with Gasteiger partial charge >= 0.3 is 6.18 Å². The molecule has 3 N–H and O–H groups in total. The zero-order valence-corrected chi connectivity index (χ0v) is 16.5. The molecule has 4 nitrogen and oxygen atoms in total. The van der Waals surface area contributed by atoms with Gasteiger partial charge in [-0.25, -0.2) is 4.39 Å². The maximum Gasteiger partial charge on any atom is 0.417 e. The van der Waals surface area contributed by atoms with Gasteiger partial charge < -0.3 is 11.1 Å². The Morgan fingerprint density at radius 2 is 1.83 bits per heavy atom. The van der Waals surface area contributed by atoms with Crippen molar-refractivity contribution in [2.45, 2.75) is 51.1 Å². The molecule has 1 fully saturated rings. The molecule has 30 heavy (non-hydrogen) atoms. The number of nitrogens with two attached hydrogens (primary N) is 1. The summed E-state index contributed by atoms with van der Waals surface area (Å²) in [6.45, 7) is 1.90. The number of amides is 1. The van der Waals surface area contributed by atoms with Gasteiger partial charge in [0, 0.05) is 23.4 Å². The molecule has 1 heterocycles. The number of pyridine rings is 1. The molecule has 0 spiro atoms. The third-order valence-electron chi connectivity index (χ3n) is 5.41. The summed E-state index contributed by atoms with van der Waals surface area (Å²) in [5.74, 6) is -0.643. The number of carbonyl (C=O) groups is 1. The number of allylic oxidation sites excluding steroid dienone is 1. The van der Waals surface area contributed by atoms with Crippen LogP contribution < -0.4 is 11.1 Å². The molecule has 160 valence electrons. The van der Waals surface area contributed by atoms with Gasteiger partial charge in [0.05, 0.1) is 16.9 Å². The fourth-order valence-electron chi connectivity index (χ4n) is 3.84. The van der Waals surface area contributed by atoms with Crippen molar-refractivity contribution < 1.29 is 22.4 Å². The Morgan fingerprint density at radius 1 is 1.20 bits per heavy atom. The summed E-state index contributed by atoms with van der Waals surface area (Å²) < 4.78 is 51.5. The average molecular weight is 421 g/mol. The maximum atomic E-state index is 13.0. The highest BCUT2D eigenvalue weighted by Crippen LogP contribution is 2.40. The van der Waals surface area contributed by atoms with Crippen LogP contribution in [0.15, 0.2) is 47.7 Å². The van der Waals surface area contributed by atoms with Crippen LogP contribution in [-0.2, 0) is 11.0 Å². The van der Waals surface area contributed by atoms with Crippen molar-refractivity contribution in [1.29, 1.82) is 0 Å². The van der Waals surface area contributed by atoms with Crippen molar-refractivity contribution in [3.63, 3.8) is 0 Å². The quantitative estimate of drug-likeness (QED) is 0.483. The van der Waals surface area contributed by atoms with E-state index in [0.29, 0.717) is 49.1 Å². The SMILES string of the molecule is CCC(C(=O)Nc1ccc(F)cc1)=C1CCC(c2ncc(C(F)(F)F)cc2N)CC1. The standard InChI is InChI=1S/C22H23F4N3O/c1-2-18(21(30)29-17-9-7-16(23)8-10-17)13-3-5-14(6-4-13)20-19(27)11-15(12-28-20)22(24,25)26/h7-12,14H,2-6,27H2,1H3,(H,29,30). The van der Waals surface area contributed by atoms with Crippen LogP contribution in [0.3, 0.4) is 0 Å². The zero-order chi connectivity index (χ0) is 21.9. The molecule has 0 unspecified atom stereocenters. The lowest BCUT2D eigenvalue weighted by Gasteiger charge is -2.26. The van der Waals surface area contributed by atoms with Crippen LogP contribution in [0.1, 0.15) is 56.2 Å². The van der Waals surface area contributed by atoms with Crippen molar-refractivity contribution in [2.75, 3.05) is 11.1 Å². The van der Waals surface area contributed by atoms with Crippen molar-refractivity contribution >= 4 is 17.3 Å². The van der Waals surface area contributed by atoms with Gasteiger partial charge in [-0.05, 0) is 62.4 Å². The second-order valence-electron chi connectivity index (χ2n) is 7.37. The maximum absolute atomic E-state index is 13.0. The van der Waals surface area contributed by atoms with Crippen molar-refractivity contribution in [3.8, 4) is 0 Å². The number of rotatable bonds is 4. The van der Waals surface area contributed by atoms with Gasteiger partial charge in [-0.2, -0.15) is 13.2 Å². The molecule has 8 heteroatoms. The first kappa shape index (κ1) is 21.8. The molecule has 1 aromatic heterocycles. The van der Waals surface area contributed by atoms with Gasteiger partial charge in [0.25, 0.3) is 5.91 Å². The minimum Gasteiger partial charge on any atom is -0.397 e. The van der Waals surface area contributed by atoms with Crippen LogP contribution in [0.4, 0.5) is 28.9 Å². The van der Waals surface area contributed by atoms with E-state index in [1.54, 1.807) is 0 Å². The third kappa shape index (κ3) is 4.98. The van der Waals surface area contributed by atoms with E-state index >= 15 is 0 Å². The molecule has 2 aromatic rings. The van der Waals surface area contributed by atoms with E-state index in [2.05, 4.69) is 10.3 Å². The van der Waals surface area contributed by atoms with Gasteiger partial charge in [-0.3, -0.25) is 9.78 Å². The molecule has 1 amide bonds. The number of nitrogens with one attached hydrogen (secondary N) is 1. The smallest absolute Gasteiger partial charge is 0.397 e. The molecular weight excluding hydrogens is 398 g/mol. The molecule has 1 aliphatic rings. The first-order valence-corrected chi connectivity index (χ1v) is 9.79. The van der Waals surface area contributed by atoms with E-state index in [4.69, 9.17) is 5.73 Å². The minimum absolute atomic E-state index is 0.0469. The lowest BCUT2D eigenvalue weighted by Crippen LogP contribution is -2.19. The molecule has 0 aliphatic heterocycles. The fraction of sp³-hybridized carbons (Fsp3) is 0.364. The molecule has 1 saturated carbocycles. The molecule has 1 aliphatic carbocycles. The van der Waals surface area contributed by atoms with Crippen LogP contribution in [0.5, 0.6) is 0 Å². The topological polar surface area (TPSA) is 68.0 Å². The van der Waals surface area contributed by atoms with E-state index in [0.717, 1.165) is 17.8 Å². The number of carbonyl (C=O) groups excluding carboxylic acids is 1. The highest BCUT2D eigenvalue weighted by molar-refractivity contribution is 6.04. The number of hydrogen-bond acceptors (Lipinski definition) is 3. The van der Waals surface area contributed by atoms with Gasteiger partial charge in [0.1, 0.15) is 5.82 Å². The minimum atomic E-state index is -4.48. The van der Waals surface area contributed by atoms with Gasteiger partial charge in [0.2, 0.25) is 0 Å². The number of halogens is 4. The predicted octanol–water partition coefficient (Wildman–Crippen LogP) is 5.82. The monoisotopic (exact) mass is 421 g/mol. The molecule has 0 radical (unpaired) electrons. The Kier molecular flexibility index (Phi) is 6.43. The van der Waals surface area contributed by atoms with Crippen LogP contribution >= 0.6 is 0 Å². The van der Waals surface area contributed by atoms with Crippen molar-refractivity contribution in [2.24, 2.45) is 0 Å². The zero-order valence-electron chi connectivity index (χ0n) is 16.5. The lowest BCUT2D eigenvalue weighted by molar-refractivity contribution is -0.137. The second kappa shape index (κ2) is 8.85. The summed E-state index contributed by atoms with van der Waals surface area (Å²) in [7, 11) is 0. The fourth-order valence-corrected chi connectivity index (χ4v) is 3.84. The van der Waals surface area contributed by atoms with E-state index in [9.17, 15) is 22.4 Å². The number of nitrogen functional groups attached to an aromatic ring is 1. The number of aromatic nitrogens is 1. The summed E-state index contributed by atoms with van der Waals surface area (Å²) >= 11 is 0. The van der Waals surface area contributed by atoms with Gasteiger partial charge in [-0.15, -0.1) is 0 Å². The van der Waals surface area contributed by atoms with Crippen LogP contribution in [0, 0.1) is 5.82 Å². The summed E-state index contributed by atoms with van der Waals surface area (Å²) in [4.78, 5) is 16.6. The normalized spacial score (nSPS) is 17.0. The Bertz CT molecular complexity index is 942. The highest BCUT2D eigenvalue weighted by Gasteiger charge is 2.32. The van der Waals surface area contributed by atoms with Crippen LogP contribution in [0.25, 0.3) is 0 Å². The summed E-state index contributed by atoms with van der Waals surface area (Å²) in [5, 5.41) is 2.79. The molecule has 0 atom stereocenters. The summed E-state index contributed by atoms with van der Waals surface area (Å²) in [6.07, 6.45) is -0.496.